The summed E-state index contributed by atoms with van der Waals surface area (Å²) in [5.74, 6) is 2.11. The highest BCUT2D eigenvalue weighted by Crippen LogP contribution is 2.19. The zero-order chi connectivity index (χ0) is 16.8. The van der Waals surface area contributed by atoms with Crippen LogP contribution in [0.4, 0.5) is 5.95 Å². The van der Waals surface area contributed by atoms with Gasteiger partial charge in [0.2, 0.25) is 11.8 Å². The topological polar surface area (TPSA) is 59.5 Å². The molecule has 0 spiro atoms. The number of rotatable bonds is 6. The summed E-state index contributed by atoms with van der Waals surface area (Å²) in [5.41, 5.74) is 1.27. The number of piperidine rings is 1. The molecule has 1 saturated heterocycles. The van der Waals surface area contributed by atoms with E-state index in [0.717, 1.165) is 38.2 Å². The fourth-order valence-electron chi connectivity index (χ4n) is 3.05. The Bertz CT molecular complexity index is 609. The highest BCUT2D eigenvalue weighted by molar-refractivity contribution is 5.30. The van der Waals surface area contributed by atoms with Gasteiger partial charge in [-0.2, -0.15) is 4.98 Å². The van der Waals surface area contributed by atoms with E-state index >= 15 is 0 Å². The number of ether oxygens (including phenoxy) is 2. The Morgan fingerprint density at radius 2 is 2.17 bits per heavy atom. The van der Waals surface area contributed by atoms with E-state index in [1.54, 1.807) is 26.5 Å². The van der Waals surface area contributed by atoms with Crippen molar-refractivity contribution in [1.82, 2.24) is 14.9 Å². The molecule has 1 aliphatic rings. The number of hydrogen-bond acceptors (Lipinski definition) is 6. The van der Waals surface area contributed by atoms with Gasteiger partial charge in [-0.15, -0.1) is 0 Å². The average Bonchev–Trinajstić information content (AvgIpc) is 2.62. The van der Waals surface area contributed by atoms with Crippen molar-refractivity contribution in [1.29, 1.82) is 0 Å². The predicted molar refractivity (Wildman–Crippen MR) is 93.5 cm³/mol. The predicted octanol–water partition coefficient (Wildman–Crippen LogP) is 2.57. The van der Waals surface area contributed by atoms with Crippen molar-refractivity contribution in [2.24, 2.45) is 0 Å². The molecule has 1 atom stereocenters. The van der Waals surface area contributed by atoms with Gasteiger partial charge in [-0.25, -0.2) is 4.98 Å². The van der Waals surface area contributed by atoms with Gasteiger partial charge < -0.3 is 14.8 Å². The van der Waals surface area contributed by atoms with Gasteiger partial charge in [-0.1, -0.05) is 12.1 Å². The maximum atomic E-state index is 5.31. The van der Waals surface area contributed by atoms with Gasteiger partial charge in [0.05, 0.1) is 14.2 Å². The largest absolute Gasteiger partial charge is 0.497 e. The summed E-state index contributed by atoms with van der Waals surface area (Å²) in [5, 5.41) is 3.43. The van der Waals surface area contributed by atoms with Crippen LogP contribution in [0, 0.1) is 0 Å². The normalized spacial score (nSPS) is 18.2. The molecule has 0 saturated carbocycles. The maximum Gasteiger partial charge on any atom is 0.226 e. The van der Waals surface area contributed by atoms with E-state index in [0.29, 0.717) is 17.9 Å². The van der Waals surface area contributed by atoms with Crippen LogP contribution in [0.15, 0.2) is 36.5 Å². The quantitative estimate of drug-likeness (QED) is 0.879. The van der Waals surface area contributed by atoms with Gasteiger partial charge in [-0.05, 0) is 37.1 Å². The van der Waals surface area contributed by atoms with E-state index in [-0.39, 0.29) is 0 Å². The fraction of sp³-hybridized carbons (Fsp3) is 0.444. The van der Waals surface area contributed by atoms with Gasteiger partial charge in [-0.3, -0.25) is 4.90 Å². The number of methoxy groups -OCH3 is 2. The molecule has 24 heavy (non-hydrogen) atoms. The molecule has 2 heterocycles. The third-order valence-electron chi connectivity index (χ3n) is 4.22. The molecular formula is C18H24N4O2. The molecule has 6 nitrogen and oxygen atoms in total. The lowest BCUT2D eigenvalue weighted by atomic mass is 10.0. The van der Waals surface area contributed by atoms with Gasteiger partial charge in [0.1, 0.15) is 5.75 Å². The molecular weight excluding hydrogens is 304 g/mol. The maximum absolute atomic E-state index is 5.31. The summed E-state index contributed by atoms with van der Waals surface area (Å²) >= 11 is 0. The van der Waals surface area contributed by atoms with Crippen LogP contribution in [0.3, 0.4) is 0 Å². The number of nitrogens with zero attached hydrogens (tertiary/aromatic N) is 3. The number of benzene rings is 1. The lowest BCUT2D eigenvalue weighted by Gasteiger charge is -2.33. The molecule has 1 fully saturated rings. The Morgan fingerprint density at radius 3 is 3.00 bits per heavy atom. The molecule has 0 aliphatic carbocycles. The van der Waals surface area contributed by atoms with Gasteiger partial charge in [0, 0.05) is 31.4 Å². The van der Waals surface area contributed by atoms with Crippen molar-refractivity contribution in [2.75, 3.05) is 32.6 Å². The van der Waals surface area contributed by atoms with Crippen LogP contribution in [-0.2, 0) is 6.54 Å². The molecule has 2 aromatic rings. The number of aromatic nitrogens is 2. The Labute approximate surface area is 142 Å². The van der Waals surface area contributed by atoms with Crippen molar-refractivity contribution < 1.29 is 9.47 Å². The zero-order valence-corrected chi connectivity index (χ0v) is 14.2. The minimum Gasteiger partial charge on any atom is -0.497 e. The van der Waals surface area contributed by atoms with E-state index in [9.17, 15) is 0 Å². The van der Waals surface area contributed by atoms with Crippen molar-refractivity contribution in [2.45, 2.75) is 25.4 Å². The number of nitrogens with one attached hydrogen (secondary N) is 1. The van der Waals surface area contributed by atoms with Crippen molar-refractivity contribution in [3.05, 3.63) is 42.1 Å². The van der Waals surface area contributed by atoms with E-state index in [1.807, 2.05) is 12.1 Å². The Kier molecular flexibility index (Phi) is 5.48. The van der Waals surface area contributed by atoms with E-state index in [2.05, 4.69) is 32.3 Å². The smallest absolute Gasteiger partial charge is 0.226 e. The third kappa shape index (κ3) is 4.35. The molecule has 0 amide bonds. The zero-order valence-electron chi connectivity index (χ0n) is 14.2. The molecule has 6 heteroatoms. The summed E-state index contributed by atoms with van der Waals surface area (Å²) in [6.45, 7) is 3.00. The lowest BCUT2D eigenvalue weighted by molar-refractivity contribution is 0.208. The second-order valence-corrected chi connectivity index (χ2v) is 5.99. The van der Waals surface area contributed by atoms with Crippen LogP contribution < -0.4 is 14.8 Å². The van der Waals surface area contributed by atoms with Gasteiger partial charge >= 0.3 is 0 Å². The summed E-state index contributed by atoms with van der Waals surface area (Å²) in [6.07, 6.45) is 3.99. The van der Waals surface area contributed by atoms with E-state index < -0.39 is 0 Å². The Morgan fingerprint density at radius 1 is 1.25 bits per heavy atom. The molecule has 128 valence electrons. The molecule has 0 bridgehead atoms. The summed E-state index contributed by atoms with van der Waals surface area (Å²) < 4.78 is 10.5. The van der Waals surface area contributed by atoms with E-state index in [4.69, 9.17) is 9.47 Å². The highest BCUT2D eigenvalue weighted by atomic mass is 16.5. The van der Waals surface area contributed by atoms with Crippen LogP contribution in [0.5, 0.6) is 11.6 Å². The number of hydrogen-bond donors (Lipinski definition) is 1. The third-order valence-corrected chi connectivity index (χ3v) is 4.22. The number of likely N-dealkylation sites (tertiary alicyclic amines) is 1. The molecule has 3 rings (SSSR count). The molecule has 1 aromatic carbocycles. The summed E-state index contributed by atoms with van der Waals surface area (Å²) in [6, 6.07) is 10.4. The molecule has 1 aromatic heterocycles. The van der Waals surface area contributed by atoms with Crippen LogP contribution >= 0.6 is 0 Å². The van der Waals surface area contributed by atoms with Crippen molar-refractivity contribution in [3.63, 3.8) is 0 Å². The first-order valence-electron chi connectivity index (χ1n) is 8.25. The Hall–Kier alpha value is -2.34. The Balaban J connectivity index is 1.59. The van der Waals surface area contributed by atoms with Crippen LogP contribution in [0.2, 0.25) is 0 Å². The molecule has 1 aliphatic heterocycles. The van der Waals surface area contributed by atoms with Crippen LogP contribution in [0.25, 0.3) is 0 Å². The highest BCUT2D eigenvalue weighted by Gasteiger charge is 2.20. The monoisotopic (exact) mass is 328 g/mol. The fourth-order valence-corrected chi connectivity index (χ4v) is 3.05. The first kappa shape index (κ1) is 16.5. The van der Waals surface area contributed by atoms with Gasteiger partial charge in [0.15, 0.2) is 0 Å². The van der Waals surface area contributed by atoms with Crippen molar-refractivity contribution >= 4 is 5.95 Å². The summed E-state index contributed by atoms with van der Waals surface area (Å²) in [4.78, 5) is 11.1. The SMILES string of the molecule is COc1cccc(CN2CCC[C@H](Nc3nccc(OC)n3)C2)c1. The van der Waals surface area contributed by atoms with Crippen LogP contribution in [0.1, 0.15) is 18.4 Å². The lowest BCUT2D eigenvalue weighted by Crippen LogP contribution is -2.41. The molecule has 0 radical (unpaired) electrons. The minimum absolute atomic E-state index is 0.344. The first-order valence-corrected chi connectivity index (χ1v) is 8.25. The second kappa shape index (κ2) is 7.97. The molecule has 0 unspecified atom stereocenters. The standard InChI is InChI=1S/C18H24N4O2/c1-23-16-7-3-5-14(11-16)12-22-10-4-6-15(13-22)20-18-19-9-8-17(21-18)24-2/h3,5,7-9,11,15H,4,6,10,12-13H2,1-2H3,(H,19,20,21)/t15-/m0/s1. The average molecular weight is 328 g/mol. The minimum atomic E-state index is 0.344. The van der Waals surface area contributed by atoms with Crippen molar-refractivity contribution in [3.8, 4) is 11.6 Å². The first-order chi connectivity index (χ1) is 11.8. The summed E-state index contributed by atoms with van der Waals surface area (Å²) in [7, 11) is 3.32. The van der Waals surface area contributed by atoms with E-state index in [1.165, 1.54) is 5.56 Å². The van der Waals surface area contributed by atoms with Crippen LogP contribution in [-0.4, -0.2) is 48.2 Å². The molecule has 1 N–H and O–H groups in total. The number of anilines is 1. The second-order valence-electron chi connectivity index (χ2n) is 5.99. The van der Waals surface area contributed by atoms with Gasteiger partial charge in [0.25, 0.3) is 0 Å².